The van der Waals surface area contributed by atoms with Crippen molar-refractivity contribution in [2.45, 2.75) is 64.1 Å². The molecule has 5 atom stereocenters. The molecular formula is C24H32O4. The van der Waals surface area contributed by atoms with Crippen LogP contribution in [0.5, 0.6) is 0 Å². The molecule has 3 rings (SSSR count). The van der Waals surface area contributed by atoms with Crippen molar-refractivity contribution >= 4 is 5.97 Å². The minimum absolute atomic E-state index is 0.106. The molecule has 1 fully saturated rings. The zero-order valence-electron chi connectivity index (χ0n) is 16.6. The van der Waals surface area contributed by atoms with E-state index >= 15 is 0 Å². The molecule has 4 nitrogen and oxygen atoms in total. The maximum absolute atomic E-state index is 11.0. The third-order valence-electron chi connectivity index (χ3n) is 6.24. The fourth-order valence-corrected chi connectivity index (χ4v) is 4.72. The van der Waals surface area contributed by atoms with Crippen LogP contribution in [0.15, 0.2) is 48.1 Å². The highest BCUT2D eigenvalue weighted by Gasteiger charge is 2.43. The lowest BCUT2D eigenvalue weighted by molar-refractivity contribution is 0.0697. The first kappa shape index (κ1) is 20.8. The molecule has 0 heterocycles. The van der Waals surface area contributed by atoms with Crippen LogP contribution in [0.4, 0.5) is 0 Å². The molecule has 2 aliphatic rings. The Morgan fingerprint density at radius 1 is 1.25 bits per heavy atom. The maximum atomic E-state index is 11.0. The molecule has 0 saturated heterocycles. The molecule has 0 spiro atoms. The Labute approximate surface area is 167 Å². The van der Waals surface area contributed by atoms with Gasteiger partial charge >= 0.3 is 5.97 Å². The van der Waals surface area contributed by atoms with Gasteiger partial charge in [0.2, 0.25) is 0 Å². The van der Waals surface area contributed by atoms with Gasteiger partial charge in [0.15, 0.2) is 0 Å². The highest BCUT2D eigenvalue weighted by molar-refractivity contribution is 5.87. The summed E-state index contributed by atoms with van der Waals surface area (Å²) in [6.07, 6.45) is 12.2. The number of allylic oxidation sites excluding steroid dienone is 2. The van der Waals surface area contributed by atoms with Gasteiger partial charge in [0.05, 0.1) is 17.8 Å². The van der Waals surface area contributed by atoms with Gasteiger partial charge in [0.25, 0.3) is 0 Å². The van der Waals surface area contributed by atoms with Crippen molar-refractivity contribution < 1.29 is 20.1 Å². The molecule has 3 N–H and O–H groups in total. The normalized spacial score (nSPS) is 27.8. The number of hydrogen-bond donors (Lipinski definition) is 3. The molecule has 0 aromatic heterocycles. The van der Waals surface area contributed by atoms with Gasteiger partial charge in [-0.25, -0.2) is 4.79 Å². The van der Waals surface area contributed by atoms with Crippen molar-refractivity contribution in [3.63, 3.8) is 0 Å². The van der Waals surface area contributed by atoms with E-state index in [9.17, 15) is 15.0 Å². The Balaban J connectivity index is 1.56. The molecule has 0 bridgehead atoms. The summed E-state index contributed by atoms with van der Waals surface area (Å²) in [5.41, 5.74) is 2.80. The van der Waals surface area contributed by atoms with Crippen molar-refractivity contribution in [2.24, 2.45) is 17.8 Å². The molecule has 0 aliphatic heterocycles. The second-order valence-corrected chi connectivity index (χ2v) is 8.36. The van der Waals surface area contributed by atoms with Crippen LogP contribution in [0.25, 0.3) is 0 Å². The van der Waals surface area contributed by atoms with Crippen LogP contribution in [0, 0.1) is 17.8 Å². The minimum Gasteiger partial charge on any atom is -0.478 e. The topological polar surface area (TPSA) is 77.8 Å². The van der Waals surface area contributed by atoms with Crippen LogP contribution >= 0.6 is 0 Å². The Hall–Kier alpha value is -1.91. The number of benzene rings is 1. The van der Waals surface area contributed by atoms with Gasteiger partial charge in [0.1, 0.15) is 0 Å². The molecule has 28 heavy (non-hydrogen) atoms. The number of carboxylic acid groups (broad SMARTS) is 1. The van der Waals surface area contributed by atoms with E-state index in [4.69, 9.17) is 5.11 Å². The van der Waals surface area contributed by atoms with E-state index < -0.39 is 12.1 Å². The Kier molecular flexibility index (Phi) is 7.08. The second-order valence-electron chi connectivity index (χ2n) is 8.36. The number of aliphatic hydroxyl groups is 2. The molecule has 0 amide bonds. The van der Waals surface area contributed by atoms with Gasteiger partial charge in [0, 0.05) is 5.92 Å². The molecular weight excluding hydrogens is 352 g/mol. The molecule has 2 aliphatic carbocycles. The van der Waals surface area contributed by atoms with E-state index in [1.54, 1.807) is 12.1 Å². The van der Waals surface area contributed by atoms with Gasteiger partial charge in [-0.1, -0.05) is 62.1 Å². The average molecular weight is 385 g/mol. The van der Waals surface area contributed by atoms with E-state index in [2.05, 4.69) is 13.0 Å². The lowest BCUT2D eigenvalue weighted by atomic mass is 9.88. The lowest BCUT2D eigenvalue weighted by Crippen LogP contribution is -2.18. The van der Waals surface area contributed by atoms with E-state index in [0.717, 1.165) is 50.5 Å². The van der Waals surface area contributed by atoms with Crippen LogP contribution in [0.3, 0.4) is 0 Å². The monoisotopic (exact) mass is 384 g/mol. The summed E-state index contributed by atoms with van der Waals surface area (Å²) in [6, 6.07) is 7.08. The Morgan fingerprint density at radius 3 is 2.68 bits per heavy atom. The first-order chi connectivity index (χ1) is 13.5. The number of aliphatic hydroxyl groups excluding tert-OH is 2. The summed E-state index contributed by atoms with van der Waals surface area (Å²) in [4.78, 5) is 11.0. The molecule has 0 radical (unpaired) electrons. The number of carboxylic acids is 1. The van der Waals surface area contributed by atoms with Gasteiger partial charge in [-0.05, 0) is 55.2 Å². The summed E-state index contributed by atoms with van der Waals surface area (Å²) in [5.74, 6) is 0.00758. The van der Waals surface area contributed by atoms with E-state index in [1.165, 1.54) is 5.57 Å². The first-order valence-electron chi connectivity index (χ1n) is 10.5. The van der Waals surface area contributed by atoms with Crippen molar-refractivity contribution in [1.82, 2.24) is 0 Å². The number of unbranched alkanes of at least 4 members (excludes halogenated alkanes) is 2. The quantitative estimate of drug-likeness (QED) is 0.436. The van der Waals surface area contributed by atoms with Crippen LogP contribution in [0.2, 0.25) is 0 Å². The van der Waals surface area contributed by atoms with E-state index in [1.807, 2.05) is 24.3 Å². The fourth-order valence-electron chi connectivity index (χ4n) is 4.72. The molecule has 152 valence electrons. The smallest absolute Gasteiger partial charge is 0.335 e. The molecule has 1 saturated carbocycles. The predicted octanol–water partition coefficient (Wildman–Crippen LogP) is 4.37. The number of aromatic carboxylic acids is 1. The largest absolute Gasteiger partial charge is 0.478 e. The van der Waals surface area contributed by atoms with E-state index in [-0.39, 0.29) is 12.0 Å². The molecule has 1 aromatic carbocycles. The number of rotatable bonds is 9. The number of fused-ring (bicyclic) bond motifs is 1. The minimum atomic E-state index is -0.901. The van der Waals surface area contributed by atoms with Gasteiger partial charge in [-0.15, -0.1) is 0 Å². The zero-order valence-corrected chi connectivity index (χ0v) is 16.6. The van der Waals surface area contributed by atoms with Crippen LogP contribution < -0.4 is 0 Å². The number of hydrogen-bond acceptors (Lipinski definition) is 3. The fraction of sp³-hybridized carbons (Fsp3) is 0.542. The average Bonchev–Trinajstić information content (AvgIpc) is 3.17. The SMILES string of the molecule is CCCCC[C@H](O)C=C[C@H]1[C@H]2CC(Cc3ccc(C(=O)O)cc3)=C[C@H]2C[C@H]1O. The summed E-state index contributed by atoms with van der Waals surface area (Å²) in [6.45, 7) is 2.16. The van der Waals surface area contributed by atoms with Crippen LogP contribution in [-0.4, -0.2) is 33.5 Å². The van der Waals surface area contributed by atoms with Crippen LogP contribution in [0.1, 0.15) is 61.4 Å². The van der Waals surface area contributed by atoms with Crippen molar-refractivity contribution in [2.75, 3.05) is 0 Å². The van der Waals surface area contributed by atoms with Crippen molar-refractivity contribution in [1.29, 1.82) is 0 Å². The molecule has 4 heteroatoms. The standard InChI is InChI=1S/C24H32O4/c1-2-3-4-5-20(25)10-11-21-22-14-17(13-19(22)15-23(21)26)12-16-6-8-18(9-7-16)24(27)28/h6-11,13,19-23,25-26H,2-5,12,14-15H2,1H3,(H,27,28)/t19-,20-,21-,22-,23+/m0/s1. The summed E-state index contributed by atoms with van der Waals surface area (Å²) >= 11 is 0. The Morgan fingerprint density at radius 2 is 2.00 bits per heavy atom. The third kappa shape index (κ3) is 5.12. The lowest BCUT2D eigenvalue weighted by Gasteiger charge is -2.19. The number of carbonyl (C=O) groups is 1. The van der Waals surface area contributed by atoms with Gasteiger partial charge < -0.3 is 15.3 Å². The Bertz CT molecular complexity index is 719. The van der Waals surface area contributed by atoms with Crippen LogP contribution in [-0.2, 0) is 6.42 Å². The maximum Gasteiger partial charge on any atom is 0.335 e. The summed E-state index contributed by atoms with van der Waals surface area (Å²) < 4.78 is 0. The van der Waals surface area contributed by atoms with Gasteiger partial charge in [-0.2, -0.15) is 0 Å². The van der Waals surface area contributed by atoms with Crippen molar-refractivity contribution in [3.8, 4) is 0 Å². The van der Waals surface area contributed by atoms with Gasteiger partial charge in [-0.3, -0.25) is 0 Å². The summed E-state index contributed by atoms with van der Waals surface area (Å²) in [7, 11) is 0. The van der Waals surface area contributed by atoms with Crippen molar-refractivity contribution in [3.05, 3.63) is 59.2 Å². The predicted molar refractivity (Wildman–Crippen MR) is 110 cm³/mol. The highest BCUT2D eigenvalue weighted by atomic mass is 16.4. The molecule has 0 unspecified atom stereocenters. The third-order valence-corrected chi connectivity index (χ3v) is 6.24. The highest BCUT2D eigenvalue weighted by Crippen LogP contribution is 2.47. The first-order valence-corrected chi connectivity index (χ1v) is 10.5. The van der Waals surface area contributed by atoms with E-state index in [0.29, 0.717) is 17.4 Å². The molecule has 1 aromatic rings. The second kappa shape index (κ2) is 9.53. The zero-order chi connectivity index (χ0) is 20.1. The summed E-state index contributed by atoms with van der Waals surface area (Å²) in [5, 5.41) is 29.6.